The minimum Gasteiger partial charge on any atom is -0.464 e. The van der Waals surface area contributed by atoms with Crippen LogP contribution in [-0.4, -0.2) is 11.4 Å². The molecule has 0 aliphatic carbocycles. The average molecular weight is 162 g/mol. The Labute approximate surface area is 71.1 Å². The van der Waals surface area contributed by atoms with Gasteiger partial charge in [-0.2, -0.15) is 0 Å². The number of hydrogen-bond acceptors (Lipinski definition) is 2. The standard InChI is InChI=1S/C10H10O2/c11-10-7-3-5-8-4-1-2-6-9(8)12-10/h1-6,10-11H,7H2. The zero-order valence-electron chi connectivity index (χ0n) is 6.60. The molecule has 0 radical (unpaired) electrons. The molecule has 0 saturated heterocycles. The maximum absolute atomic E-state index is 9.26. The van der Waals surface area contributed by atoms with Crippen LogP contribution >= 0.6 is 0 Å². The van der Waals surface area contributed by atoms with Gasteiger partial charge in [-0.3, -0.25) is 0 Å². The van der Waals surface area contributed by atoms with E-state index in [1.165, 1.54) is 0 Å². The quantitative estimate of drug-likeness (QED) is 0.630. The largest absolute Gasteiger partial charge is 0.464 e. The van der Waals surface area contributed by atoms with Crippen molar-refractivity contribution < 1.29 is 9.84 Å². The Kier molecular flexibility index (Phi) is 1.84. The highest BCUT2D eigenvalue weighted by Gasteiger charge is 2.09. The van der Waals surface area contributed by atoms with Gasteiger partial charge in [0.2, 0.25) is 6.29 Å². The van der Waals surface area contributed by atoms with E-state index < -0.39 is 6.29 Å². The van der Waals surface area contributed by atoms with Gasteiger partial charge in [-0.15, -0.1) is 0 Å². The molecule has 1 aliphatic heterocycles. The van der Waals surface area contributed by atoms with Gasteiger partial charge >= 0.3 is 0 Å². The number of para-hydroxylation sites is 1. The van der Waals surface area contributed by atoms with Crippen LogP contribution in [0.4, 0.5) is 0 Å². The second kappa shape index (κ2) is 2.99. The van der Waals surface area contributed by atoms with Crippen LogP contribution in [0.5, 0.6) is 5.75 Å². The second-order valence-electron chi connectivity index (χ2n) is 2.75. The molecule has 2 heteroatoms. The van der Waals surface area contributed by atoms with Crippen LogP contribution < -0.4 is 4.74 Å². The molecular weight excluding hydrogens is 152 g/mol. The number of fused-ring (bicyclic) bond motifs is 1. The highest BCUT2D eigenvalue weighted by atomic mass is 16.6. The Balaban J connectivity index is 2.41. The highest BCUT2D eigenvalue weighted by molar-refractivity contribution is 5.57. The molecule has 1 aliphatic rings. The number of aliphatic hydroxyl groups is 1. The van der Waals surface area contributed by atoms with Crippen molar-refractivity contribution in [1.82, 2.24) is 0 Å². The summed E-state index contributed by atoms with van der Waals surface area (Å²) in [5.41, 5.74) is 1.02. The van der Waals surface area contributed by atoms with Crippen LogP contribution in [0.15, 0.2) is 30.3 Å². The summed E-state index contributed by atoms with van der Waals surface area (Å²) in [6.07, 6.45) is 3.72. The van der Waals surface area contributed by atoms with E-state index in [2.05, 4.69) is 0 Å². The smallest absolute Gasteiger partial charge is 0.200 e. The summed E-state index contributed by atoms with van der Waals surface area (Å²) in [5, 5.41) is 9.26. The molecule has 1 atom stereocenters. The fraction of sp³-hybridized carbons (Fsp3) is 0.200. The van der Waals surface area contributed by atoms with Crippen LogP contribution in [0.3, 0.4) is 0 Å². The first-order valence-electron chi connectivity index (χ1n) is 3.96. The van der Waals surface area contributed by atoms with Gasteiger partial charge in [-0.25, -0.2) is 0 Å². The normalized spacial score (nSPS) is 20.9. The molecule has 1 aromatic rings. The van der Waals surface area contributed by atoms with Crippen molar-refractivity contribution in [3.05, 3.63) is 35.9 Å². The first-order chi connectivity index (χ1) is 5.86. The second-order valence-corrected chi connectivity index (χ2v) is 2.75. The first-order valence-corrected chi connectivity index (χ1v) is 3.96. The third-order valence-electron chi connectivity index (χ3n) is 1.82. The molecular formula is C10H10O2. The number of rotatable bonds is 0. The lowest BCUT2D eigenvalue weighted by atomic mass is 10.2. The van der Waals surface area contributed by atoms with Crippen molar-refractivity contribution in [3.8, 4) is 5.75 Å². The van der Waals surface area contributed by atoms with E-state index in [1.54, 1.807) is 0 Å². The summed E-state index contributed by atoms with van der Waals surface area (Å²) in [6, 6.07) is 7.66. The monoisotopic (exact) mass is 162 g/mol. The minimum absolute atomic E-state index is 0.550. The summed E-state index contributed by atoms with van der Waals surface area (Å²) in [6.45, 7) is 0. The fourth-order valence-electron chi connectivity index (χ4n) is 1.23. The van der Waals surface area contributed by atoms with Crippen molar-refractivity contribution in [3.63, 3.8) is 0 Å². The SMILES string of the molecule is OC1CC=Cc2ccccc2O1. The van der Waals surface area contributed by atoms with Crippen LogP contribution in [0.2, 0.25) is 0 Å². The summed E-state index contributed by atoms with van der Waals surface area (Å²) >= 11 is 0. The van der Waals surface area contributed by atoms with E-state index in [0.29, 0.717) is 6.42 Å². The predicted octanol–water partition coefficient (Wildman–Crippen LogP) is 1.80. The fourth-order valence-corrected chi connectivity index (χ4v) is 1.23. The van der Waals surface area contributed by atoms with Gasteiger partial charge in [0.15, 0.2) is 0 Å². The highest BCUT2D eigenvalue weighted by Crippen LogP contribution is 2.23. The predicted molar refractivity (Wildman–Crippen MR) is 46.7 cm³/mol. The zero-order valence-corrected chi connectivity index (χ0v) is 6.60. The molecule has 0 fully saturated rings. The first kappa shape index (κ1) is 7.37. The van der Waals surface area contributed by atoms with Gasteiger partial charge < -0.3 is 9.84 Å². The van der Waals surface area contributed by atoms with Crippen molar-refractivity contribution in [2.45, 2.75) is 12.7 Å². The summed E-state index contributed by atoms with van der Waals surface area (Å²) in [4.78, 5) is 0. The van der Waals surface area contributed by atoms with E-state index in [0.717, 1.165) is 11.3 Å². The molecule has 1 N–H and O–H groups in total. The van der Waals surface area contributed by atoms with Gasteiger partial charge in [-0.05, 0) is 6.07 Å². The van der Waals surface area contributed by atoms with E-state index in [-0.39, 0.29) is 0 Å². The van der Waals surface area contributed by atoms with E-state index >= 15 is 0 Å². The van der Waals surface area contributed by atoms with Crippen molar-refractivity contribution in [2.24, 2.45) is 0 Å². The number of benzene rings is 1. The number of aliphatic hydroxyl groups excluding tert-OH is 1. The van der Waals surface area contributed by atoms with Gasteiger partial charge in [-0.1, -0.05) is 30.4 Å². The lowest BCUT2D eigenvalue weighted by molar-refractivity contribution is -0.0128. The Bertz CT molecular complexity index is 304. The van der Waals surface area contributed by atoms with Crippen LogP contribution in [0.1, 0.15) is 12.0 Å². The van der Waals surface area contributed by atoms with Crippen molar-refractivity contribution in [2.75, 3.05) is 0 Å². The molecule has 1 aromatic carbocycles. The molecule has 12 heavy (non-hydrogen) atoms. The van der Waals surface area contributed by atoms with Gasteiger partial charge in [0.1, 0.15) is 5.75 Å². The molecule has 0 amide bonds. The van der Waals surface area contributed by atoms with Gasteiger partial charge in [0.05, 0.1) is 0 Å². The summed E-state index contributed by atoms with van der Waals surface area (Å²) in [7, 11) is 0. The van der Waals surface area contributed by atoms with E-state index in [9.17, 15) is 5.11 Å². The Hall–Kier alpha value is -1.28. The summed E-state index contributed by atoms with van der Waals surface area (Å²) in [5.74, 6) is 0.749. The third kappa shape index (κ3) is 1.34. The van der Waals surface area contributed by atoms with Crippen LogP contribution in [0, 0.1) is 0 Å². The van der Waals surface area contributed by atoms with Gasteiger partial charge in [0, 0.05) is 12.0 Å². The topological polar surface area (TPSA) is 29.5 Å². The molecule has 0 saturated carbocycles. The maximum atomic E-state index is 9.26. The lowest BCUT2D eigenvalue weighted by Gasteiger charge is -2.10. The van der Waals surface area contributed by atoms with Crippen molar-refractivity contribution in [1.29, 1.82) is 0 Å². The lowest BCUT2D eigenvalue weighted by Crippen LogP contribution is -2.13. The molecule has 1 heterocycles. The van der Waals surface area contributed by atoms with Gasteiger partial charge in [0.25, 0.3) is 0 Å². The van der Waals surface area contributed by atoms with Crippen LogP contribution in [0.25, 0.3) is 6.08 Å². The van der Waals surface area contributed by atoms with Crippen LogP contribution in [-0.2, 0) is 0 Å². The minimum atomic E-state index is -0.704. The van der Waals surface area contributed by atoms with E-state index in [4.69, 9.17) is 4.74 Å². The van der Waals surface area contributed by atoms with Crippen molar-refractivity contribution >= 4 is 6.08 Å². The Morgan fingerprint density at radius 3 is 3.08 bits per heavy atom. The molecule has 2 nitrogen and oxygen atoms in total. The molecule has 0 spiro atoms. The third-order valence-corrected chi connectivity index (χ3v) is 1.82. The Morgan fingerprint density at radius 2 is 2.17 bits per heavy atom. The maximum Gasteiger partial charge on any atom is 0.200 e. The molecule has 62 valence electrons. The number of hydrogen-bond donors (Lipinski definition) is 1. The average Bonchev–Trinajstić information content (AvgIpc) is 2.25. The Morgan fingerprint density at radius 1 is 1.33 bits per heavy atom. The molecule has 1 unspecified atom stereocenters. The van der Waals surface area contributed by atoms with E-state index in [1.807, 2.05) is 36.4 Å². The molecule has 0 bridgehead atoms. The molecule has 2 rings (SSSR count). The zero-order chi connectivity index (χ0) is 8.39. The molecule has 0 aromatic heterocycles. The summed E-state index contributed by atoms with van der Waals surface area (Å²) < 4.78 is 5.25. The number of ether oxygens (including phenoxy) is 1.